The Morgan fingerprint density at radius 1 is 1.04 bits per heavy atom. The van der Waals surface area contributed by atoms with E-state index in [1.54, 1.807) is 0 Å². The Hall–Kier alpha value is -0.950. The Morgan fingerprint density at radius 3 is 2.22 bits per heavy atom. The molecule has 27 heavy (non-hydrogen) atoms. The fourth-order valence-electron chi connectivity index (χ4n) is 2.02. The van der Waals surface area contributed by atoms with Crippen LogP contribution in [0.5, 0.6) is 0 Å². The predicted molar refractivity (Wildman–Crippen MR) is 119 cm³/mol. The molecular weight excluding hydrogens is 472 g/mol. The molecule has 1 amide bonds. The summed E-state index contributed by atoms with van der Waals surface area (Å²) < 4.78 is -1.88. The van der Waals surface area contributed by atoms with Gasteiger partial charge in [0.15, 0.2) is 5.11 Å². The van der Waals surface area contributed by atoms with Gasteiger partial charge in [-0.25, -0.2) is 0 Å². The number of aryl methyl sites for hydroxylation is 1. The number of halogens is 5. The van der Waals surface area contributed by atoms with Crippen molar-refractivity contribution in [2.75, 3.05) is 5.32 Å². The summed E-state index contributed by atoms with van der Waals surface area (Å²) in [4.78, 5) is 12.5. The van der Waals surface area contributed by atoms with Crippen molar-refractivity contribution >= 4 is 86.9 Å². The van der Waals surface area contributed by atoms with E-state index in [9.17, 15) is 4.79 Å². The average molecular weight is 486 g/mol. The number of amides is 1. The second kappa shape index (κ2) is 9.50. The quantitative estimate of drug-likeness (QED) is 0.295. The molecule has 0 aliphatic heterocycles. The Kier molecular flexibility index (Phi) is 7.86. The van der Waals surface area contributed by atoms with Gasteiger partial charge in [0.05, 0.1) is 10.6 Å². The minimum absolute atomic E-state index is 0.165. The highest BCUT2D eigenvalue weighted by molar-refractivity contribution is 7.80. The van der Waals surface area contributed by atoms with E-state index in [0.29, 0.717) is 5.02 Å². The number of alkyl halides is 3. The number of carbonyl (C=O) groups is 1. The smallest absolute Gasteiger partial charge is 0.254 e. The first-order valence-electron chi connectivity index (χ1n) is 7.53. The molecule has 0 aliphatic carbocycles. The number of benzene rings is 2. The van der Waals surface area contributed by atoms with Gasteiger partial charge in [-0.15, -0.1) is 0 Å². The molecule has 2 rings (SSSR count). The van der Waals surface area contributed by atoms with Gasteiger partial charge in [0.1, 0.15) is 6.17 Å². The van der Waals surface area contributed by atoms with Crippen LogP contribution < -0.4 is 16.0 Å². The molecule has 2 aromatic carbocycles. The van der Waals surface area contributed by atoms with Gasteiger partial charge in [-0.2, -0.15) is 0 Å². The standard InChI is InChI=1S/C17H14Cl5N3OS/c1-9-2-5-11(6-3-9)23-16(27)25-15(17(20,21)22)24-14(26)12-7-4-10(18)8-13(12)19/h2-8,15H,1H3,(H,24,26)(H2,23,25,27)/t15-/m1/s1. The summed E-state index contributed by atoms with van der Waals surface area (Å²) in [6.45, 7) is 1.97. The zero-order valence-electron chi connectivity index (χ0n) is 13.8. The highest BCUT2D eigenvalue weighted by Gasteiger charge is 2.35. The lowest BCUT2D eigenvalue weighted by Gasteiger charge is -2.28. The summed E-state index contributed by atoms with van der Waals surface area (Å²) in [5.41, 5.74) is 2.03. The van der Waals surface area contributed by atoms with Gasteiger partial charge >= 0.3 is 0 Å². The average Bonchev–Trinajstić information content (AvgIpc) is 2.55. The monoisotopic (exact) mass is 483 g/mol. The van der Waals surface area contributed by atoms with Crippen LogP contribution in [-0.4, -0.2) is 21.0 Å². The third-order valence-electron chi connectivity index (χ3n) is 3.36. The van der Waals surface area contributed by atoms with Gasteiger partial charge in [0.2, 0.25) is 3.79 Å². The van der Waals surface area contributed by atoms with E-state index < -0.39 is 15.9 Å². The van der Waals surface area contributed by atoms with Crippen molar-refractivity contribution in [1.82, 2.24) is 10.6 Å². The van der Waals surface area contributed by atoms with Crippen LogP contribution in [0.2, 0.25) is 10.0 Å². The zero-order chi connectivity index (χ0) is 20.2. The number of hydrogen-bond donors (Lipinski definition) is 3. The largest absolute Gasteiger partial charge is 0.339 e. The van der Waals surface area contributed by atoms with E-state index in [1.165, 1.54) is 18.2 Å². The van der Waals surface area contributed by atoms with Gasteiger partial charge in [0, 0.05) is 10.7 Å². The topological polar surface area (TPSA) is 53.2 Å². The minimum Gasteiger partial charge on any atom is -0.339 e. The third-order valence-corrected chi connectivity index (χ3v) is 4.79. The van der Waals surface area contributed by atoms with Crippen molar-refractivity contribution in [3.05, 3.63) is 63.6 Å². The molecule has 0 aromatic heterocycles. The van der Waals surface area contributed by atoms with Crippen LogP contribution in [0, 0.1) is 6.92 Å². The summed E-state index contributed by atoms with van der Waals surface area (Å²) >= 11 is 35.0. The first-order valence-corrected chi connectivity index (χ1v) is 9.83. The van der Waals surface area contributed by atoms with Crippen molar-refractivity contribution in [2.24, 2.45) is 0 Å². The van der Waals surface area contributed by atoms with E-state index >= 15 is 0 Å². The van der Waals surface area contributed by atoms with Crippen molar-refractivity contribution in [3.8, 4) is 0 Å². The lowest BCUT2D eigenvalue weighted by atomic mass is 10.2. The van der Waals surface area contributed by atoms with Crippen LogP contribution in [0.25, 0.3) is 0 Å². The van der Waals surface area contributed by atoms with Gasteiger partial charge < -0.3 is 16.0 Å². The second-order valence-electron chi connectivity index (χ2n) is 5.54. The first-order chi connectivity index (χ1) is 12.6. The van der Waals surface area contributed by atoms with Crippen LogP contribution in [0.1, 0.15) is 15.9 Å². The summed E-state index contributed by atoms with van der Waals surface area (Å²) in [7, 11) is 0. The molecule has 0 radical (unpaired) electrons. The maximum absolute atomic E-state index is 12.5. The molecule has 0 aliphatic rings. The second-order valence-corrected chi connectivity index (χ2v) is 9.16. The molecular formula is C17H14Cl5N3OS. The number of anilines is 1. The Bertz CT molecular complexity index is 839. The fraction of sp³-hybridized carbons (Fsp3) is 0.176. The number of thiocarbonyl (C=S) groups is 1. The molecule has 10 heteroatoms. The van der Waals surface area contributed by atoms with Crippen LogP contribution in [0.15, 0.2) is 42.5 Å². The molecule has 3 N–H and O–H groups in total. The maximum atomic E-state index is 12.5. The van der Waals surface area contributed by atoms with Gasteiger partial charge in [-0.1, -0.05) is 75.7 Å². The van der Waals surface area contributed by atoms with Gasteiger partial charge in [0.25, 0.3) is 5.91 Å². The van der Waals surface area contributed by atoms with Crippen LogP contribution in [0.4, 0.5) is 5.69 Å². The van der Waals surface area contributed by atoms with Gasteiger partial charge in [-0.05, 0) is 49.5 Å². The SMILES string of the molecule is Cc1ccc(NC(=S)N[C@@H](NC(=O)c2ccc(Cl)cc2Cl)C(Cl)(Cl)Cl)cc1. The molecule has 0 fully saturated rings. The highest BCUT2D eigenvalue weighted by atomic mass is 35.6. The van der Waals surface area contributed by atoms with Crippen molar-refractivity contribution in [1.29, 1.82) is 0 Å². The molecule has 0 heterocycles. The fourth-order valence-corrected chi connectivity index (χ4v) is 3.07. The van der Waals surface area contributed by atoms with Crippen molar-refractivity contribution < 1.29 is 4.79 Å². The summed E-state index contributed by atoms with van der Waals surface area (Å²) in [6, 6.07) is 12.0. The van der Waals surface area contributed by atoms with E-state index in [2.05, 4.69) is 16.0 Å². The third kappa shape index (κ3) is 6.86. The van der Waals surface area contributed by atoms with E-state index in [-0.39, 0.29) is 15.7 Å². The summed E-state index contributed by atoms with van der Waals surface area (Å²) in [5.74, 6) is -0.557. The Morgan fingerprint density at radius 2 is 1.67 bits per heavy atom. The molecule has 0 saturated heterocycles. The molecule has 144 valence electrons. The number of carbonyl (C=O) groups excluding carboxylic acids is 1. The lowest BCUT2D eigenvalue weighted by molar-refractivity contribution is 0.0934. The molecule has 0 saturated carbocycles. The first kappa shape index (κ1) is 22.3. The Balaban J connectivity index is 2.09. The number of rotatable bonds is 4. The van der Waals surface area contributed by atoms with Crippen molar-refractivity contribution in [3.63, 3.8) is 0 Å². The highest BCUT2D eigenvalue weighted by Crippen LogP contribution is 2.30. The minimum atomic E-state index is -1.88. The summed E-state index contributed by atoms with van der Waals surface area (Å²) in [5, 5.41) is 9.02. The molecule has 0 unspecified atom stereocenters. The van der Waals surface area contributed by atoms with Crippen LogP contribution >= 0.6 is 70.2 Å². The van der Waals surface area contributed by atoms with E-state index in [4.69, 9.17) is 70.2 Å². The van der Waals surface area contributed by atoms with Gasteiger partial charge in [-0.3, -0.25) is 4.79 Å². The molecule has 0 bridgehead atoms. The maximum Gasteiger partial charge on any atom is 0.254 e. The molecule has 0 spiro atoms. The summed E-state index contributed by atoms with van der Waals surface area (Å²) in [6.07, 6.45) is -1.12. The zero-order valence-corrected chi connectivity index (χ0v) is 18.4. The molecule has 2 aromatic rings. The van der Waals surface area contributed by atoms with E-state index in [0.717, 1.165) is 11.3 Å². The number of nitrogens with one attached hydrogen (secondary N) is 3. The number of hydrogen-bond acceptors (Lipinski definition) is 2. The molecule has 4 nitrogen and oxygen atoms in total. The van der Waals surface area contributed by atoms with E-state index in [1.807, 2.05) is 31.2 Å². The molecule has 1 atom stereocenters. The van der Waals surface area contributed by atoms with Crippen molar-refractivity contribution in [2.45, 2.75) is 16.9 Å². The normalized spacial score (nSPS) is 12.2. The van der Waals surface area contributed by atoms with Crippen LogP contribution in [0.3, 0.4) is 0 Å². The predicted octanol–water partition coefficient (Wildman–Crippen LogP) is 5.71. The Labute approximate surface area is 187 Å². The lowest BCUT2D eigenvalue weighted by Crippen LogP contribution is -2.56. The van der Waals surface area contributed by atoms with Crippen LogP contribution in [-0.2, 0) is 0 Å².